The van der Waals surface area contributed by atoms with E-state index in [1.54, 1.807) is 6.07 Å². The van der Waals surface area contributed by atoms with E-state index in [1.807, 2.05) is 6.07 Å². The SMILES string of the molecule is N#Cc1c2c3oc1cc3OC2=O. The van der Waals surface area contributed by atoms with Gasteiger partial charge < -0.3 is 9.15 Å². The summed E-state index contributed by atoms with van der Waals surface area (Å²) in [6.45, 7) is 0. The van der Waals surface area contributed by atoms with Crippen LogP contribution in [0.4, 0.5) is 0 Å². The Kier molecular flexibility index (Phi) is 0.669. The molecular formula is C8HNO3. The van der Waals surface area contributed by atoms with Gasteiger partial charge in [0.25, 0.3) is 0 Å². The first-order chi connectivity index (χ1) is 5.81. The Morgan fingerprint density at radius 1 is 1.50 bits per heavy atom. The molecule has 0 spiro atoms. The van der Waals surface area contributed by atoms with Crippen LogP contribution in [0.3, 0.4) is 0 Å². The van der Waals surface area contributed by atoms with Crippen LogP contribution in [0.2, 0.25) is 0 Å². The van der Waals surface area contributed by atoms with E-state index in [-0.39, 0.29) is 11.1 Å². The van der Waals surface area contributed by atoms with Gasteiger partial charge in [0.2, 0.25) is 0 Å². The van der Waals surface area contributed by atoms with Gasteiger partial charge >= 0.3 is 5.97 Å². The van der Waals surface area contributed by atoms with Gasteiger partial charge in [-0.2, -0.15) is 5.26 Å². The van der Waals surface area contributed by atoms with Crippen molar-refractivity contribution in [1.82, 2.24) is 0 Å². The van der Waals surface area contributed by atoms with Crippen LogP contribution in [0.15, 0.2) is 10.5 Å². The molecule has 0 fully saturated rings. The van der Waals surface area contributed by atoms with Crippen LogP contribution in [0.5, 0.6) is 5.75 Å². The summed E-state index contributed by atoms with van der Waals surface area (Å²) >= 11 is 0. The van der Waals surface area contributed by atoms with Crippen molar-refractivity contribution in [2.45, 2.75) is 0 Å². The van der Waals surface area contributed by atoms with Crippen molar-refractivity contribution in [2.75, 3.05) is 0 Å². The van der Waals surface area contributed by atoms with Gasteiger partial charge in [-0.3, -0.25) is 0 Å². The molecule has 3 heterocycles. The van der Waals surface area contributed by atoms with Gasteiger partial charge in [-0.05, 0) is 0 Å². The van der Waals surface area contributed by atoms with E-state index in [2.05, 4.69) is 0 Å². The second kappa shape index (κ2) is 1.43. The first-order valence-corrected chi connectivity index (χ1v) is 3.32. The minimum absolute atomic E-state index is 0.282. The summed E-state index contributed by atoms with van der Waals surface area (Å²) in [7, 11) is 0. The number of benzene rings is 1. The topological polar surface area (TPSA) is 63.2 Å². The zero-order valence-corrected chi connectivity index (χ0v) is 5.75. The van der Waals surface area contributed by atoms with Crippen LogP contribution in [-0.2, 0) is 0 Å². The number of ether oxygens (including phenoxy) is 1. The molecule has 0 saturated heterocycles. The number of rotatable bonds is 0. The molecule has 0 amide bonds. The zero-order chi connectivity index (χ0) is 8.29. The minimum atomic E-state index is -0.486. The highest BCUT2D eigenvalue weighted by molar-refractivity contribution is 6.10. The lowest BCUT2D eigenvalue weighted by atomic mass is 10.1. The highest BCUT2D eigenvalue weighted by Gasteiger charge is 2.35. The maximum atomic E-state index is 11.1. The molecule has 3 rings (SSSR count). The van der Waals surface area contributed by atoms with Gasteiger partial charge in [0.05, 0.1) is 0 Å². The second-order valence-corrected chi connectivity index (χ2v) is 2.56. The average Bonchev–Trinajstić information content (AvgIpc) is 2.61. The maximum Gasteiger partial charge on any atom is 0.349 e. The van der Waals surface area contributed by atoms with E-state index in [9.17, 15) is 4.79 Å². The highest BCUT2D eigenvalue weighted by atomic mass is 16.6. The number of hydrogen-bond acceptors (Lipinski definition) is 4. The van der Waals surface area contributed by atoms with Crippen LogP contribution in [0, 0.1) is 11.3 Å². The van der Waals surface area contributed by atoms with Crippen molar-refractivity contribution < 1.29 is 13.9 Å². The van der Waals surface area contributed by atoms with Crippen LogP contribution >= 0.6 is 0 Å². The quantitative estimate of drug-likeness (QED) is 0.543. The molecule has 56 valence electrons. The molecule has 4 heteroatoms. The standard InChI is InChI=1S/C8HNO3/c9-2-3-4-1-5-7(11-4)6(3)8(10)12-5/h1H. The van der Waals surface area contributed by atoms with Crippen molar-refractivity contribution in [3.63, 3.8) is 0 Å². The molecule has 0 unspecified atom stereocenters. The normalized spacial score (nSPS) is 13.8. The molecule has 0 radical (unpaired) electrons. The van der Waals surface area contributed by atoms with Gasteiger partial charge in [0.15, 0.2) is 11.3 Å². The van der Waals surface area contributed by atoms with Crippen molar-refractivity contribution in [1.29, 1.82) is 5.26 Å². The van der Waals surface area contributed by atoms with Gasteiger partial charge in [-0.25, -0.2) is 4.79 Å². The smallest absolute Gasteiger partial charge is 0.349 e. The minimum Gasteiger partial charge on any atom is -0.451 e. The summed E-state index contributed by atoms with van der Waals surface area (Å²) in [5.74, 6) is -0.0516. The molecule has 0 aromatic carbocycles. The molecule has 2 aromatic heterocycles. The van der Waals surface area contributed by atoms with Crippen molar-refractivity contribution in [3.8, 4) is 11.8 Å². The van der Waals surface area contributed by atoms with Gasteiger partial charge in [-0.1, -0.05) is 0 Å². The van der Waals surface area contributed by atoms with E-state index in [0.717, 1.165) is 0 Å². The molecule has 2 bridgehead atoms. The summed E-state index contributed by atoms with van der Waals surface area (Å²) < 4.78 is 9.93. The van der Waals surface area contributed by atoms with Crippen molar-refractivity contribution >= 4 is 17.1 Å². The molecule has 1 aliphatic heterocycles. The molecule has 2 aromatic rings. The molecule has 4 nitrogen and oxygen atoms in total. The first-order valence-electron chi connectivity index (χ1n) is 3.32. The lowest BCUT2D eigenvalue weighted by molar-refractivity contribution is 0.0755. The van der Waals surface area contributed by atoms with E-state index in [0.29, 0.717) is 16.9 Å². The Bertz CT molecular complexity index is 532. The molecule has 0 aliphatic carbocycles. The Labute approximate surface area is 66.3 Å². The van der Waals surface area contributed by atoms with Gasteiger partial charge in [0.1, 0.15) is 22.8 Å². The predicted octanol–water partition coefficient (Wildman–Crippen LogP) is 1.27. The average molecular weight is 159 g/mol. The van der Waals surface area contributed by atoms with Crippen LogP contribution < -0.4 is 4.74 Å². The fraction of sp³-hybridized carbons (Fsp3) is 0. The highest BCUT2D eigenvalue weighted by Crippen LogP contribution is 2.41. The van der Waals surface area contributed by atoms with Gasteiger partial charge in [-0.15, -0.1) is 0 Å². The molecule has 1 aliphatic rings. The summed E-state index contributed by atoms with van der Waals surface area (Å²) in [5, 5.41) is 8.67. The summed E-state index contributed by atoms with van der Waals surface area (Å²) in [5.41, 5.74) is 1.41. The van der Waals surface area contributed by atoms with Crippen molar-refractivity contribution in [3.05, 3.63) is 17.2 Å². The van der Waals surface area contributed by atoms with E-state index in [4.69, 9.17) is 14.4 Å². The molecule has 0 atom stereocenters. The fourth-order valence-electron chi connectivity index (χ4n) is 1.44. The van der Waals surface area contributed by atoms with Crippen LogP contribution in [-0.4, -0.2) is 5.97 Å². The largest absolute Gasteiger partial charge is 0.451 e. The summed E-state index contributed by atoms with van der Waals surface area (Å²) in [6.07, 6.45) is 0. The number of carbonyl (C=O) groups is 1. The number of carbonyl (C=O) groups excluding carboxylic acids is 1. The van der Waals surface area contributed by atoms with E-state index >= 15 is 0 Å². The third kappa shape index (κ3) is 0.380. The van der Waals surface area contributed by atoms with E-state index in [1.165, 1.54) is 0 Å². The number of furan rings is 2. The number of esters is 1. The summed E-state index contributed by atoms with van der Waals surface area (Å²) in [6, 6.07) is 3.46. The third-order valence-corrected chi connectivity index (χ3v) is 1.94. The van der Waals surface area contributed by atoms with E-state index < -0.39 is 5.97 Å². The predicted molar refractivity (Wildman–Crippen MR) is 37.1 cm³/mol. The molecule has 12 heavy (non-hydrogen) atoms. The Morgan fingerprint density at radius 2 is 2.33 bits per heavy atom. The number of fused-ring (bicyclic) bond motifs is 1. The third-order valence-electron chi connectivity index (χ3n) is 1.94. The van der Waals surface area contributed by atoms with Gasteiger partial charge in [0, 0.05) is 6.07 Å². The van der Waals surface area contributed by atoms with Crippen molar-refractivity contribution in [2.24, 2.45) is 0 Å². The fourth-order valence-corrected chi connectivity index (χ4v) is 1.44. The van der Waals surface area contributed by atoms with Crippen LogP contribution in [0.25, 0.3) is 11.2 Å². The molecule has 0 saturated carbocycles. The number of hydrogen-bond donors (Lipinski definition) is 0. The van der Waals surface area contributed by atoms with Crippen LogP contribution in [0.1, 0.15) is 15.9 Å². The Balaban J connectivity index is 2.59. The maximum absolute atomic E-state index is 11.1. The monoisotopic (exact) mass is 159 g/mol. The molecule has 0 N–H and O–H groups in total. The second-order valence-electron chi connectivity index (χ2n) is 2.56. The molecular weight excluding hydrogens is 158 g/mol. The Hall–Kier alpha value is -2.02. The Morgan fingerprint density at radius 3 is 3.08 bits per heavy atom. The zero-order valence-electron chi connectivity index (χ0n) is 5.75. The lowest BCUT2D eigenvalue weighted by Gasteiger charge is -1.85. The number of nitriles is 1. The first kappa shape index (κ1) is 5.61. The lowest BCUT2D eigenvalue weighted by Crippen LogP contribution is -2.00. The number of nitrogens with zero attached hydrogens (tertiary/aromatic N) is 1. The summed E-state index contributed by atoms with van der Waals surface area (Å²) in [4.78, 5) is 11.1.